The summed E-state index contributed by atoms with van der Waals surface area (Å²) >= 11 is 0. The first kappa shape index (κ1) is 11.1. The SMILES string of the molecule is CC1CN(C2C=CC(N)CC2)CC(C)O1. The van der Waals surface area contributed by atoms with Crippen LogP contribution in [0.4, 0.5) is 0 Å². The molecule has 0 bridgehead atoms. The second kappa shape index (κ2) is 4.64. The van der Waals surface area contributed by atoms with Gasteiger partial charge in [-0.15, -0.1) is 0 Å². The lowest BCUT2D eigenvalue weighted by Crippen LogP contribution is -2.50. The summed E-state index contributed by atoms with van der Waals surface area (Å²) in [5, 5.41) is 0. The van der Waals surface area contributed by atoms with Crippen LogP contribution in [-0.4, -0.2) is 42.3 Å². The Morgan fingerprint density at radius 3 is 2.33 bits per heavy atom. The van der Waals surface area contributed by atoms with Crippen molar-refractivity contribution in [1.82, 2.24) is 4.90 Å². The molecule has 0 saturated carbocycles. The summed E-state index contributed by atoms with van der Waals surface area (Å²) in [4.78, 5) is 2.53. The van der Waals surface area contributed by atoms with Crippen LogP contribution in [0.2, 0.25) is 0 Å². The number of rotatable bonds is 1. The number of nitrogens with zero attached hydrogens (tertiary/aromatic N) is 1. The van der Waals surface area contributed by atoms with E-state index < -0.39 is 0 Å². The summed E-state index contributed by atoms with van der Waals surface area (Å²) < 4.78 is 5.74. The van der Waals surface area contributed by atoms with Crippen LogP contribution in [0.25, 0.3) is 0 Å². The highest BCUT2D eigenvalue weighted by molar-refractivity contribution is 5.05. The third kappa shape index (κ3) is 2.80. The van der Waals surface area contributed by atoms with E-state index in [2.05, 4.69) is 30.9 Å². The van der Waals surface area contributed by atoms with Crippen LogP contribution in [0.15, 0.2) is 12.2 Å². The minimum absolute atomic E-state index is 0.275. The van der Waals surface area contributed by atoms with Crippen molar-refractivity contribution in [2.75, 3.05) is 13.1 Å². The van der Waals surface area contributed by atoms with E-state index in [-0.39, 0.29) is 6.04 Å². The molecule has 0 aromatic heterocycles. The number of morpholine rings is 1. The molecule has 0 aromatic rings. The first-order chi connectivity index (χ1) is 7.15. The molecule has 3 nitrogen and oxygen atoms in total. The van der Waals surface area contributed by atoms with Gasteiger partial charge in [-0.05, 0) is 26.7 Å². The molecule has 1 saturated heterocycles. The highest BCUT2D eigenvalue weighted by atomic mass is 16.5. The molecular formula is C12H22N2O. The minimum atomic E-state index is 0.275. The Morgan fingerprint density at radius 1 is 1.13 bits per heavy atom. The molecule has 1 aliphatic carbocycles. The predicted octanol–water partition coefficient (Wildman–Crippen LogP) is 1.14. The summed E-state index contributed by atoms with van der Waals surface area (Å²) in [6, 6.07) is 0.857. The van der Waals surface area contributed by atoms with Crippen molar-refractivity contribution in [1.29, 1.82) is 0 Å². The molecule has 1 aliphatic heterocycles. The van der Waals surface area contributed by atoms with Gasteiger partial charge in [0, 0.05) is 25.2 Å². The van der Waals surface area contributed by atoms with E-state index >= 15 is 0 Å². The van der Waals surface area contributed by atoms with Gasteiger partial charge in [-0.3, -0.25) is 4.90 Å². The topological polar surface area (TPSA) is 38.5 Å². The van der Waals surface area contributed by atoms with E-state index in [0.29, 0.717) is 18.2 Å². The highest BCUT2D eigenvalue weighted by Gasteiger charge is 2.27. The zero-order valence-electron chi connectivity index (χ0n) is 9.73. The van der Waals surface area contributed by atoms with E-state index in [1.54, 1.807) is 0 Å². The van der Waals surface area contributed by atoms with Crippen LogP contribution in [0, 0.1) is 0 Å². The van der Waals surface area contributed by atoms with Gasteiger partial charge in [0.15, 0.2) is 0 Å². The Balaban J connectivity index is 1.95. The second-order valence-electron chi connectivity index (χ2n) is 4.90. The molecule has 4 atom stereocenters. The molecule has 1 heterocycles. The lowest BCUT2D eigenvalue weighted by atomic mass is 9.97. The fraction of sp³-hybridized carbons (Fsp3) is 0.833. The zero-order chi connectivity index (χ0) is 10.8. The second-order valence-corrected chi connectivity index (χ2v) is 4.90. The first-order valence-corrected chi connectivity index (χ1v) is 5.98. The lowest BCUT2D eigenvalue weighted by Gasteiger charge is -2.40. The van der Waals surface area contributed by atoms with Crippen LogP contribution in [0.5, 0.6) is 0 Å². The molecular weight excluding hydrogens is 188 g/mol. The maximum Gasteiger partial charge on any atom is 0.0678 e. The normalized spacial score (nSPS) is 43.1. The number of ether oxygens (including phenoxy) is 1. The van der Waals surface area contributed by atoms with Crippen molar-refractivity contribution in [3.8, 4) is 0 Å². The molecule has 2 N–H and O–H groups in total. The van der Waals surface area contributed by atoms with Gasteiger partial charge >= 0.3 is 0 Å². The Labute approximate surface area is 92.3 Å². The Morgan fingerprint density at radius 2 is 1.80 bits per heavy atom. The van der Waals surface area contributed by atoms with Crippen LogP contribution < -0.4 is 5.73 Å². The van der Waals surface area contributed by atoms with Gasteiger partial charge in [-0.1, -0.05) is 12.2 Å². The highest BCUT2D eigenvalue weighted by Crippen LogP contribution is 2.20. The number of hydrogen-bond acceptors (Lipinski definition) is 3. The molecule has 15 heavy (non-hydrogen) atoms. The molecule has 0 spiro atoms. The quantitative estimate of drug-likeness (QED) is 0.660. The van der Waals surface area contributed by atoms with Gasteiger partial charge in [0.05, 0.1) is 12.2 Å². The molecule has 0 amide bonds. The van der Waals surface area contributed by atoms with Gasteiger partial charge in [0.1, 0.15) is 0 Å². The van der Waals surface area contributed by atoms with Gasteiger partial charge in [0.25, 0.3) is 0 Å². The van der Waals surface area contributed by atoms with Gasteiger partial charge in [-0.2, -0.15) is 0 Å². The molecule has 2 rings (SSSR count). The summed E-state index contributed by atoms with van der Waals surface area (Å²) in [5.74, 6) is 0. The fourth-order valence-corrected chi connectivity index (χ4v) is 2.62. The molecule has 4 unspecified atom stereocenters. The van der Waals surface area contributed by atoms with E-state index in [4.69, 9.17) is 10.5 Å². The van der Waals surface area contributed by atoms with E-state index in [0.717, 1.165) is 19.5 Å². The lowest BCUT2D eigenvalue weighted by molar-refractivity contribution is -0.0765. The Hall–Kier alpha value is -0.380. The predicted molar refractivity (Wildman–Crippen MR) is 61.7 cm³/mol. The number of hydrogen-bond donors (Lipinski definition) is 1. The van der Waals surface area contributed by atoms with E-state index in [1.165, 1.54) is 6.42 Å². The van der Waals surface area contributed by atoms with Crippen LogP contribution in [0.3, 0.4) is 0 Å². The van der Waals surface area contributed by atoms with Crippen molar-refractivity contribution >= 4 is 0 Å². The Bertz CT molecular complexity index is 232. The largest absolute Gasteiger partial charge is 0.373 e. The third-order valence-corrected chi connectivity index (χ3v) is 3.29. The first-order valence-electron chi connectivity index (χ1n) is 5.98. The van der Waals surface area contributed by atoms with Gasteiger partial charge < -0.3 is 10.5 Å². The summed E-state index contributed by atoms with van der Waals surface area (Å²) in [7, 11) is 0. The third-order valence-electron chi connectivity index (χ3n) is 3.29. The summed E-state index contributed by atoms with van der Waals surface area (Å²) in [6.45, 7) is 6.41. The van der Waals surface area contributed by atoms with Gasteiger partial charge in [-0.25, -0.2) is 0 Å². The van der Waals surface area contributed by atoms with Crippen LogP contribution >= 0.6 is 0 Å². The fourth-order valence-electron chi connectivity index (χ4n) is 2.62. The molecule has 1 fully saturated rings. The number of nitrogens with two attached hydrogens (primary N) is 1. The molecule has 0 radical (unpaired) electrons. The monoisotopic (exact) mass is 210 g/mol. The van der Waals surface area contributed by atoms with Crippen LogP contribution in [-0.2, 0) is 4.74 Å². The summed E-state index contributed by atoms with van der Waals surface area (Å²) in [5.41, 5.74) is 5.85. The maximum atomic E-state index is 5.85. The van der Waals surface area contributed by atoms with Crippen molar-refractivity contribution < 1.29 is 4.74 Å². The average Bonchev–Trinajstić information content (AvgIpc) is 2.17. The van der Waals surface area contributed by atoms with Gasteiger partial charge in [0.2, 0.25) is 0 Å². The average molecular weight is 210 g/mol. The minimum Gasteiger partial charge on any atom is -0.373 e. The smallest absolute Gasteiger partial charge is 0.0678 e. The molecule has 0 aromatic carbocycles. The molecule has 3 heteroatoms. The molecule has 2 aliphatic rings. The van der Waals surface area contributed by atoms with Crippen LogP contribution in [0.1, 0.15) is 26.7 Å². The Kier molecular flexibility index (Phi) is 3.44. The molecule has 86 valence electrons. The van der Waals surface area contributed by atoms with Crippen molar-refractivity contribution in [2.24, 2.45) is 5.73 Å². The van der Waals surface area contributed by atoms with E-state index in [9.17, 15) is 0 Å². The van der Waals surface area contributed by atoms with Crippen molar-refractivity contribution in [3.63, 3.8) is 0 Å². The van der Waals surface area contributed by atoms with E-state index in [1.807, 2.05) is 0 Å². The standard InChI is InChI=1S/C12H22N2O/c1-9-7-14(8-10(2)15-9)12-5-3-11(13)4-6-12/h3,5,9-12H,4,6-8,13H2,1-2H3. The van der Waals surface area contributed by atoms with Crippen molar-refractivity contribution in [3.05, 3.63) is 12.2 Å². The zero-order valence-corrected chi connectivity index (χ0v) is 9.73. The summed E-state index contributed by atoms with van der Waals surface area (Å²) in [6.07, 6.45) is 7.45. The maximum absolute atomic E-state index is 5.85. The van der Waals surface area contributed by atoms with Crippen molar-refractivity contribution in [2.45, 2.75) is 51.0 Å².